The van der Waals surface area contributed by atoms with Crippen LogP contribution in [-0.4, -0.2) is 36.9 Å². The van der Waals surface area contributed by atoms with Crippen LogP contribution in [0.5, 0.6) is 5.75 Å². The Morgan fingerprint density at radius 3 is 2.17 bits per heavy atom. The average Bonchev–Trinajstić information content (AvgIpc) is 2.86. The van der Waals surface area contributed by atoms with E-state index in [2.05, 4.69) is 18.7 Å². The van der Waals surface area contributed by atoms with Gasteiger partial charge >= 0.3 is 0 Å². The smallest absolute Gasteiger partial charge is 0.198 e. The molecule has 0 atom stereocenters. The second-order valence-electron chi connectivity index (χ2n) is 5.43. The molecule has 0 fully saturated rings. The number of benzene rings is 2. The van der Waals surface area contributed by atoms with E-state index >= 15 is 0 Å². The van der Waals surface area contributed by atoms with E-state index in [0.29, 0.717) is 17.9 Å². The fourth-order valence-corrected chi connectivity index (χ4v) is 2.99. The Morgan fingerprint density at radius 2 is 1.50 bits per heavy atom. The lowest BCUT2D eigenvalue weighted by Gasteiger charge is -2.18. The van der Waals surface area contributed by atoms with E-state index in [-0.39, 0.29) is 30.6 Å². The zero-order valence-corrected chi connectivity index (χ0v) is 15.6. The summed E-state index contributed by atoms with van der Waals surface area (Å²) >= 11 is 0. The van der Waals surface area contributed by atoms with Crippen LogP contribution in [0.1, 0.15) is 29.8 Å². The van der Waals surface area contributed by atoms with Crippen LogP contribution in [0.25, 0.3) is 11.1 Å². The maximum Gasteiger partial charge on any atom is 0.198 e. The van der Waals surface area contributed by atoms with Crippen LogP contribution in [0.4, 0.5) is 0 Å². The van der Waals surface area contributed by atoms with Crippen molar-refractivity contribution in [3.63, 3.8) is 0 Å². The lowest BCUT2D eigenvalue weighted by Crippen LogP contribution is -2.28. The molecule has 1 aliphatic rings. The quantitative estimate of drug-likeness (QED) is 0.643. The highest BCUT2D eigenvalue weighted by molar-refractivity contribution is 6.23. The Hall–Kier alpha value is -1.55. The molecule has 0 aliphatic heterocycles. The van der Waals surface area contributed by atoms with Crippen LogP contribution in [0, 0.1) is 0 Å². The molecule has 0 heterocycles. The summed E-state index contributed by atoms with van der Waals surface area (Å²) in [7, 11) is 0. The molecule has 1 aliphatic carbocycles. The maximum atomic E-state index is 12.6. The molecule has 0 spiro atoms. The number of carbonyl (C=O) groups is 1. The predicted octanol–water partition coefficient (Wildman–Crippen LogP) is 4.46. The van der Waals surface area contributed by atoms with E-state index in [1.165, 1.54) is 0 Å². The van der Waals surface area contributed by atoms with Crippen LogP contribution in [0.2, 0.25) is 0 Å². The number of halogens is 2. The van der Waals surface area contributed by atoms with E-state index in [9.17, 15) is 4.79 Å². The van der Waals surface area contributed by atoms with Gasteiger partial charge in [0.25, 0.3) is 0 Å². The molecule has 130 valence electrons. The fourth-order valence-electron chi connectivity index (χ4n) is 2.99. The Balaban J connectivity index is 0.00000144. The van der Waals surface area contributed by atoms with Gasteiger partial charge in [-0.3, -0.25) is 4.79 Å². The van der Waals surface area contributed by atoms with Gasteiger partial charge in [-0.2, -0.15) is 0 Å². The Morgan fingerprint density at radius 1 is 0.875 bits per heavy atom. The van der Waals surface area contributed by atoms with Crippen molar-refractivity contribution in [2.24, 2.45) is 0 Å². The first-order valence-corrected chi connectivity index (χ1v) is 7.88. The molecular weight excluding hydrogens is 345 g/mol. The molecule has 0 amide bonds. The first kappa shape index (κ1) is 20.5. The molecule has 0 radical (unpaired) electrons. The molecule has 2 aromatic rings. The van der Waals surface area contributed by atoms with Crippen molar-refractivity contribution in [2.45, 2.75) is 13.8 Å². The standard InChI is InChI=1S/C19H21NO2.2ClH/c1-3-20(4-2)12-13-22-17-11-7-10-15-14-8-5-6-9-16(14)19(21)18(15)17;;/h5-11H,3-4,12-13H2,1-2H3;2*1H. The molecule has 0 bridgehead atoms. The fraction of sp³-hybridized carbons (Fsp3) is 0.316. The topological polar surface area (TPSA) is 29.5 Å². The molecule has 5 heteroatoms. The Kier molecular flexibility index (Phi) is 7.74. The minimum absolute atomic E-state index is 0. The molecule has 24 heavy (non-hydrogen) atoms. The highest BCUT2D eigenvalue weighted by Crippen LogP contribution is 2.40. The van der Waals surface area contributed by atoms with Crippen molar-refractivity contribution >= 4 is 30.6 Å². The van der Waals surface area contributed by atoms with Crippen molar-refractivity contribution in [2.75, 3.05) is 26.2 Å². The number of ketones is 1. The third kappa shape index (κ3) is 3.75. The first-order chi connectivity index (χ1) is 10.8. The Bertz CT molecular complexity index is 700. The van der Waals surface area contributed by atoms with E-state index in [0.717, 1.165) is 36.3 Å². The summed E-state index contributed by atoms with van der Waals surface area (Å²) in [6, 6.07) is 13.6. The van der Waals surface area contributed by atoms with Crippen molar-refractivity contribution in [3.05, 3.63) is 53.6 Å². The molecule has 0 unspecified atom stereocenters. The third-order valence-electron chi connectivity index (χ3n) is 4.27. The van der Waals surface area contributed by atoms with E-state index in [1.807, 2.05) is 42.5 Å². The van der Waals surface area contributed by atoms with Gasteiger partial charge in [-0.05, 0) is 30.3 Å². The summed E-state index contributed by atoms with van der Waals surface area (Å²) in [5.74, 6) is 0.773. The third-order valence-corrected chi connectivity index (χ3v) is 4.27. The van der Waals surface area contributed by atoms with Crippen LogP contribution in [0.3, 0.4) is 0 Å². The lowest BCUT2D eigenvalue weighted by atomic mass is 10.1. The summed E-state index contributed by atoms with van der Waals surface area (Å²) in [6.45, 7) is 7.78. The number of carbonyl (C=O) groups excluding carboxylic acids is 1. The second-order valence-corrected chi connectivity index (χ2v) is 5.43. The number of ether oxygens (including phenoxy) is 1. The largest absolute Gasteiger partial charge is 0.491 e. The zero-order valence-electron chi connectivity index (χ0n) is 14.0. The number of likely N-dealkylation sites (N-methyl/N-ethyl adjacent to an activating group) is 1. The van der Waals surface area contributed by atoms with Gasteiger partial charge in [0, 0.05) is 12.1 Å². The Labute approximate surface area is 155 Å². The van der Waals surface area contributed by atoms with Crippen LogP contribution in [0.15, 0.2) is 42.5 Å². The molecule has 0 saturated carbocycles. The molecule has 3 nitrogen and oxygen atoms in total. The minimum Gasteiger partial charge on any atom is -0.491 e. The number of fused-ring (bicyclic) bond motifs is 3. The normalized spacial score (nSPS) is 11.4. The maximum absolute atomic E-state index is 12.6. The van der Waals surface area contributed by atoms with Gasteiger partial charge in [0.2, 0.25) is 0 Å². The predicted molar refractivity (Wildman–Crippen MR) is 103 cm³/mol. The van der Waals surface area contributed by atoms with E-state index in [4.69, 9.17) is 4.74 Å². The monoisotopic (exact) mass is 367 g/mol. The molecule has 0 aromatic heterocycles. The van der Waals surface area contributed by atoms with Gasteiger partial charge in [-0.25, -0.2) is 0 Å². The first-order valence-electron chi connectivity index (χ1n) is 7.88. The van der Waals surface area contributed by atoms with Gasteiger partial charge < -0.3 is 9.64 Å². The van der Waals surface area contributed by atoms with E-state index in [1.54, 1.807) is 0 Å². The molecule has 2 aromatic carbocycles. The van der Waals surface area contributed by atoms with Crippen LogP contribution >= 0.6 is 24.8 Å². The van der Waals surface area contributed by atoms with Crippen molar-refractivity contribution in [1.29, 1.82) is 0 Å². The summed E-state index contributed by atoms with van der Waals surface area (Å²) in [6.07, 6.45) is 0. The number of hydrogen-bond donors (Lipinski definition) is 0. The van der Waals surface area contributed by atoms with Crippen LogP contribution < -0.4 is 4.74 Å². The minimum atomic E-state index is 0. The SMILES string of the molecule is CCN(CC)CCOc1cccc2c1C(=O)c1ccccc1-2.Cl.Cl. The molecule has 0 N–H and O–H groups in total. The van der Waals surface area contributed by atoms with Crippen molar-refractivity contribution < 1.29 is 9.53 Å². The number of rotatable bonds is 6. The van der Waals surface area contributed by atoms with E-state index < -0.39 is 0 Å². The van der Waals surface area contributed by atoms with Gasteiger partial charge in [-0.1, -0.05) is 50.2 Å². The summed E-state index contributed by atoms with van der Waals surface area (Å²) in [5.41, 5.74) is 3.48. The van der Waals surface area contributed by atoms with Crippen molar-refractivity contribution in [1.82, 2.24) is 4.90 Å². The zero-order chi connectivity index (χ0) is 15.5. The lowest BCUT2D eigenvalue weighted by molar-refractivity contribution is 0.103. The van der Waals surface area contributed by atoms with Gasteiger partial charge in [-0.15, -0.1) is 24.8 Å². The number of hydrogen-bond acceptors (Lipinski definition) is 3. The van der Waals surface area contributed by atoms with Gasteiger partial charge in [0.05, 0.1) is 5.56 Å². The van der Waals surface area contributed by atoms with Gasteiger partial charge in [0.1, 0.15) is 12.4 Å². The summed E-state index contributed by atoms with van der Waals surface area (Å²) in [4.78, 5) is 14.9. The number of nitrogens with zero attached hydrogens (tertiary/aromatic N) is 1. The molecular formula is C19H23Cl2NO2. The second kappa shape index (κ2) is 9.07. The van der Waals surface area contributed by atoms with Crippen molar-refractivity contribution in [3.8, 4) is 16.9 Å². The highest BCUT2D eigenvalue weighted by atomic mass is 35.5. The molecule has 3 rings (SSSR count). The highest BCUT2D eigenvalue weighted by Gasteiger charge is 2.29. The molecule has 0 saturated heterocycles. The average molecular weight is 368 g/mol. The van der Waals surface area contributed by atoms with Crippen LogP contribution in [-0.2, 0) is 0 Å². The summed E-state index contributed by atoms with van der Waals surface area (Å²) in [5, 5.41) is 0. The summed E-state index contributed by atoms with van der Waals surface area (Å²) < 4.78 is 5.92. The van der Waals surface area contributed by atoms with Gasteiger partial charge in [0.15, 0.2) is 5.78 Å².